The van der Waals surface area contributed by atoms with Gasteiger partial charge in [-0.3, -0.25) is 4.79 Å². The van der Waals surface area contributed by atoms with Crippen molar-refractivity contribution in [2.45, 2.75) is 32.4 Å². The minimum absolute atomic E-state index is 0.0330. The first-order valence-electron chi connectivity index (χ1n) is 11.3. The fourth-order valence-electron chi connectivity index (χ4n) is 3.91. The standard InChI is InChI=1S/C25H33FN4O4/c1-16-13-30(17(2)15-31)24(32)12-18-11-21(9-10-22(18)34-23(16)14-29(3)4)28-25(33)27-20-7-5-19(26)6-8-20/h5-11,16-17,23,31H,12-15H2,1-4H3,(H2,27,28,33)/t16-,17+,23+/m1/s1. The molecule has 9 heteroatoms. The number of ether oxygens (including phenoxy) is 1. The largest absolute Gasteiger partial charge is 0.488 e. The van der Waals surface area contributed by atoms with Crippen LogP contribution in [0.25, 0.3) is 0 Å². The number of aliphatic hydroxyl groups excluding tert-OH is 1. The third kappa shape index (κ3) is 6.68. The van der Waals surface area contributed by atoms with Crippen LogP contribution in [0.5, 0.6) is 5.75 Å². The summed E-state index contributed by atoms with van der Waals surface area (Å²) in [5, 5.41) is 15.1. The van der Waals surface area contributed by atoms with Crippen molar-refractivity contribution in [2.24, 2.45) is 5.92 Å². The highest BCUT2D eigenvalue weighted by Gasteiger charge is 2.30. The number of urea groups is 1. The molecular formula is C25H33FN4O4. The Bertz CT molecular complexity index is 999. The monoisotopic (exact) mass is 472 g/mol. The van der Waals surface area contributed by atoms with E-state index in [0.29, 0.717) is 35.8 Å². The maximum absolute atomic E-state index is 13.2. The lowest BCUT2D eigenvalue weighted by atomic mass is 10.0. The molecule has 3 rings (SSSR count). The molecule has 0 saturated heterocycles. The average molecular weight is 473 g/mol. The number of hydrogen-bond acceptors (Lipinski definition) is 5. The van der Waals surface area contributed by atoms with E-state index in [1.807, 2.05) is 32.8 Å². The van der Waals surface area contributed by atoms with Crippen LogP contribution in [-0.2, 0) is 11.2 Å². The van der Waals surface area contributed by atoms with Crippen molar-refractivity contribution >= 4 is 23.3 Å². The van der Waals surface area contributed by atoms with Crippen molar-refractivity contribution in [3.05, 3.63) is 53.8 Å². The van der Waals surface area contributed by atoms with Crippen molar-refractivity contribution in [2.75, 3.05) is 44.4 Å². The van der Waals surface area contributed by atoms with E-state index < -0.39 is 6.03 Å². The highest BCUT2D eigenvalue weighted by molar-refractivity contribution is 5.99. The number of anilines is 2. The molecule has 8 nitrogen and oxygen atoms in total. The lowest BCUT2D eigenvalue weighted by Crippen LogP contribution is -2.47. The summed E-state index contributed by atoms with van der Waals surface area (Å²) in [5.41, 5.74) is 1.60. The summed E-state index contributed by atoms with van der Waals surface area (Å²) < 4.78 is 19.5. The van der Waals surface area contributed by atoms with Gasteiger partial charge >= 0.3 is 6.03 Å². The highest BCUT2D eigenvalue weighted by atomic mass is 19.1. The molecule has 0 spiro atoms. The van der Waals surface area contributed by atoms with Crippen LogP contribution in [0.3, 0.4) is 0 Å². The minimum Gasteiger partial charge on any atom is -0.488 e. The molecular weight excluding hydrogens is 439 g/mol. The van der Waals surface area contributed by atoms with Gasteiger partial charge in [0.25, 0.3) is 0 Å². The molecule has 0 radical (unpaired) electrons. The zero-order chi connectivity index (χ0) is 24.8. The molecule has 2 aromatic rings. The Hall–Kier alpha value is -3.17. The second kappa shape index (κ2) is 11.3. The number of rotatable bonds is 6. The smallest absolute Gasteiger partial charge is 0.323 e. The van der Waals surface area contributed by atoms with Gasteiger partial charge in [-0.1, -0.05) is 6.92 Å². The number of likely N-dealkylation sites (N-methyl/N-ethyl adjacent to an activating group) is 1. The van der Waals surface area contributed by atoms with Gasteiger partial charge in [-0.05, 0) is 63.5 Å². The van der Waals surface area contributed by atoms with Crippen molar-refractivity contribution in [1.29, 1.82) is 0 Å². The molecule has 3 N–H and O–H groups in total. The Balaban J connectivity index is 1.85. The first kappa shape index (κ1) is 25.5. The van der Waals surface area contributed by atoms with E-state index in [1.54, 1.807) is 23.1 Å². The van der Waals surface area contributed by atoms with E-state index in [2.05, 4.69) is 10.6 Å². The van der Waals surface area contributed by atoms with Crippen LogP contribution < -0.4 is 15.4 Å². The molecule has 34 heavy (non-hydrogen) atoms. The molecule has 0 unspecified atom stereocenters. The number of nitrogens with one attached hydrogen (secondary N) is 2. The maximum atomic E-state index is 13.2. The summed E-state index contributed by atoms with van der Waals surface area (Å²) in [6, 6.07) is 9.85. The van der Waals surface area contributed by atoms with Crippen LogP contribution >= 0.6 is 0 Å². The second-order valence-corrected chi connectivity index (χ2v) is 9.06. The van der Waals surface area contributed by atoms with Crippen molar-refractivity contribution < 1.29 is 23.8 Å². The number of aliphatic hydroxyl groups is 1. The number of hydrogen-bond donors (Lipinski definition) is 3. The van der Waals surface area contributed by atoms with Crippen molar-refractivity contribution in [3.63, 3.8) is 0 Å². The number of amides is 3. The van der Waals surface area contributed by atoms with Gasteiger partial charge < -0.3 is 30.3 Å². The van der Waals surface area contributed by atoms with E-state index in [1.165, 1.54) is 24.3 Å². The molecule has 1 heterocycles. The Kier molecular flexibility index (Phi) is 8.46. The fraction of sp³-hybridized carbons (Fsp3) is 0.440. The molecule has 0 aliphatic carbocycles. The predicted octanol–water partition coefficient (Wildman–Crippen LogP) is 3.18. The number of halogens is 1. The van der Waals surface area contributed by atoms with Crippen LogP contribution in [0.1, 0.15) is 19.4 Å². The Labute approximate surface area is 199 Å². The normalized spacial score (nSPS) is 19.4. The molecule has 0 aromatic heterocycles. The lowest BCUT2D eigenvalue weighted by Gasteiger charge is -2.33. The van der Waals surface area contributed by atoms with E-state index in [-0.39, 0.29) is 42.8 Å². The number of fused-ring (bicyclic) bond motifs is 1. The third-order valence-electron chi connectivity index (χ3n) is 5.82. The highest BCUT2D eigenvalue weighted by Crippen LogP contribution is 2.29. The number of benzene rings is 2. The van der Waals surface area contributed by atoms with Crippen molar-refractivity contribution in [3.8, 4) is 5.75 Å². The SMILES string of the molecule is C[C@@H]1CN([C@@H](C)CO)C(=O)Cc2cc(NC(=O)Nc3ccc(F)cc3)ccc2O[C@H]1CN(C)C. The summed E-state index contributed by atoms with van der Waals surface area (Å²) in [5.74, 6) is 0.122. The molecule has 3 amide bonds. The summed E-state index contributed by atoms with van der Waals surface area (Å²) >= 11 is 0. The van der Waals surface area contributed by atoms with E-state index in [4.69, 9.17) is 4.74 Å². The van der Waals surface area contributed by atoms with Gasteiger partial charge in [0.2, 0.25) is 5.91 Å². The fourth-order valence-corrected chi connectivity index (χ4v) is 3.91. The van der Waals surface area contributed by atoms with Crippen LogP contribution in [0.4, 0.5) is 20.6 Å². The molecule has 3 atom stereocenters. The Morgan fingerprint density at radius 1 is 1.21 bits per heavy atom. The second-order valence-electron chi connectivity index (χ2n) is 9.06. The first-order chi connectivity index (χ1) is 16.2. The van der Waals surface area contributed by atoms with E-state index in [0.717, 1.165) is 0 Å². The number of nitrogens with zero attached hydrogens (tertiary/aromatic N) is 2. The maximum Gasteiger partial charge on any atom is 0.323 e. The molecule has 184 valence electrons. The minimum atomic E-state index is -0.489. The van der Waals surface area contributed by atoms with Gasteiger partial charge in [0.15, 0.2) is 0 Å². The number of carbonyl (C=O) groups is 2. The van der Waals surface area contributed by atoms with Gasteiger partial charge in [-0.2, -0.15) is 0 Å². The first-order valence-corrected chi connectivity index (χ1v) is 11.3. The average Bonchev–Trinajstić information content (AvgIpc) is 2.82. The molecule has 1 aliphatic heterocycles. The topological polar surface area (TPSA) is 94.1 Å². The molecule has 0 bridgehead atoms. The predicted molar refractivity (Wildman–Crippen MR) is 130 cm³/mol. The number of carbonyl (C=O) groups excluding carboxylic acids is 2. The lowest BCUT2D eigenvalue weighted by molar-refractivity contribution is -0.134. The zero-order valence-electron chi connectivity index (χ0n) is 20.0. The van der Waals surface area contributed by atoms with Gasteiger partial charge in [-0.25, -0.2) is 9.18 Å². The van der Waals surface area contributed by atoms with Gasteiger partial charge in [0.05, 0.1) is 19.1 Å². The van der Waals surface area contributed by atoms with E-state index >= 15 is 0 Å². The van der Waals surface area contributed by atoms with Crippen LogP contribution in [-0.4, -0.2) is 72.8 Å². The summed E-state index contributed by atoms with van der Waals surface area (Å²) in [7, 11) is 3.94. The molecule has 2 aromatic carbocycles. The van der Waals surface area contributed by atoms with Crippen LogP contribution in [0, 0.1) is 11.7 Å². The molecule has 0 fully saturated rings. The summed E-state index contributed by atoms with van der Waals surface area (Å²) in [4.78, 5) is 29.3. The summed E-state index contributed by atoms with van der Waals surface area (Å²) in [6.07, 6.45) is -0.0930. The molecule has 1 aliphatic rings. The van der Waals surface area contributed by atoms with Crippen LogP contribution in [0.2, 0.25) is 0 Å². The van der Waals surface area contributed by atoms with Gasteiger partial charge in [0, 0.05) is 35.9 Å². The van der Waals surface area contributed by atoms with Crippen LogP contribution in [0.15, 0.2) is 42.5 Å². The van der Waals surface area contributed by atoms with Gasteiger partial charge in [0.1, 0.15) is 17.7 Å². The van der Waals surface area contributed by atoms with Crippen molar-refractivity contribution in [1.82, 2.24) is 9.80 Å². The molecule has 0 saturated carbocycles. The Morgan fingerprint density at radius 2 is 1.85 bits per heavy atom. The quantitative estimate of drug-likeness (QED) is 0.601. The van der Waals surface area contributed by atoms with Gasteiger partial charge in [-0.15, -0.1) is 0 Å². The third-order valence-corrected chi connectivity index (χ3v) is 5.82. The zero-order valence-corrected chi connectivity index (χ0v) is 20.0. The van der Waals surface area contributed by atoms with E-state index in [9.17, 15) is 19.1 Å². The Morgan fingerprint density at radius 3 is 2.50 bits per heavy atom. The summed E-state index contributed by atoms with van der Waals surface area (Å²) in [6.45, 7) is 4.87.